The second kappa shape index (κ2) is 23.5. The molecule has 9 rings (SSSR count). The zero-order valence-electron chi connectivity index (χ0n) is 41.8. The summed E-state index contributed by atoms with van der Waals surface area (Å²) in [7, 11) is 0. The second-order valence-corrected chi connectivity index (χ2v) is 21.0. The average molecular weight is 1040 g/mol. The standard InChI is InChI=1S/C26H29ClFN3O2.C16H15FN2O3.C14H18ClN3/c1-26(2,3)25-14-20(31(29-25)19-6-4-5-18(27)13-19)8-9-21(32)11-17-7-10-24(23(28)12-17)30-15-22(33)16-30;17-14-8-11(6-7-15(14)19-9-12(20)10-19)18-16(21)22-13-4-2-1-3-5-13;1-14(2,3)13-8-12(9-16)18(17-13)11-6-4-5-10(15)7-11/h4-7,10,12-14,22,33H,8-9,11,15-16H2,1-3H3;1-8,12,20H,9-10H2,(H,18,21);4-8H,9,16H2,1-3H3. The number of aliphatic hydroxyl groups is 2. The Hall–Kier alpha value is -6.62. The molecule has 1 amide bonds. The number of β-amino-alcohol motifs (C(OH)–C–C–N with tert-alkyl or cyclic N) is 2. The van der Waals surface area contributed by atoms with Gasteiger partial charge in [0, 0.05) is 77.8 Å². The molecule has 4 heterocycles. The third-order valence-electron chi connectivity index (χ3n) is 12.0. The van der Waals surface area contributed by atoms with Gasteiger partial charge in [-0.3, -0.25) is 10.1 Å². The molecule has 2 aliphatic heterocycles. The maximum atomic E-state index is 14.5. The zero-order chi connectivity index (χ0) is 52.6. The second-order valence-electron chi connectivity index (χ2n) is 20.1. The van der Waals surface area contributed by atoms with Gasteiger partial charge in [-0.05, 0) is 103 Å². The summed E-state index contributed by atoms with van der Waals surface area (Å²) in [6.45, 7) is 14.9. The van der Waals surface area contributed by atoms with Crippen molar-refractivity contribution in [1.29, 1.82) is 0 Å². The van der Waals surface area contributed by atoms with Crippen molar-refractivity contribution < 1.29 is 33.3 Å². The van der Waals surface area contributed by atoms with Crippen molar-refractivity contribution in [2.75, 3.05) is 41.3 Å². The molecule has 5 aromatic carbocycles. The monoisotopic (exact) mass is 1030 g/mol. The number of aromatic nitrogens is 4. The Morgan fingerprint density at radius 3 is 1.66 bits per heavy atom. The first-order valence-corrected chi connectivity index (χ1v) is 24.8. The van der Waals surface area contributed by atoms with Crippen LogP contribution in [0.4, 0.5) is 30.6 Å². The number of hydrogen-bond donors (Lipinski definition) is 4. The lowest BCUT2D eigenvalue weighted by Gasteiger charge is -2.38. The minimum absolute atomic E-state index is 0.00768. The maximum absolute atomic E-state index is 14.5. The first kappa shape index (κ1) is 54.2. The van der Waals surface area contributed by atoms with Crippen LogP contribution in [0.25, 0.3) is 11.4 Å². The van der Waals surface area contributed by atoms with E-state index >= 15 is 0 Å². The van der Waals surface area contributed by atoms with Gasteiger partial charge in [0.15, 0.2) is 0 Å². The molecule has 73 heavy (non-hydrogen) atoms. The van der Waals surface area contributed by atoms with Crippen LogP contribution in [0, 0.1) is 11.6 Å². The van der Waals surface area contributed by atoms with Crippen molar-refractivity contribution in [3.63, 3.8) is 0 Å². The molecule has 0 radical (unpaired) electrons. The fraction of sp³-hybridized carbons (Fsp3) is 0.321. The number of rotatable bonds is 12. The minimum Gasteiger partial charge on any atom is -0.410 e. The molecule has 384 valence electrons. The summed E-state index contributed by atoms with van der Waals surface area (Å²) in [5.41, 5.74) is 13.2. The van der Waals surface area contributed by atoms with E-state index in [4.69, 9.17) is 38.8 Å². The summed E-state index contributed by atoms with van der Waals surface area (Å²) in [5, 5.41) is 31.9. The van der Waals surface area contributed by atoms with Crippen molar-refractivity contribution in [2.24, 2.45) is 5.73 Å². The molecular weight excluding hydrogens is 974 g/mol. The van der Waals surface area contributed by atoms with Gasteiger partial charge in [0.2, 0.25) is 0 Å². The highest BCUT2D eigenvalue weighted by Crippen LogP contribution is 2.30. The summed E-state index contributed by atoms with van der Waals surface area (Å²) in [4.78, 5) is 28.0. The average Bonchev–Trinajstić information content (AvgIpc) is 3.97. The van der Waals surface area contributed by atoms with Crippen LogP contribution in [0.5, 0.6) is 5.75 Å². The first-order valence-electron chi connectivity index (χ1n) is 24.0. The molecule has 0 aliphatic carbocycles. The van der Waals surface area contributed by atoms with E-state index in [1.807, 2.05) is 70.0 Å². The summed E-state index contributed by atoms with van der Waals surface area (Å²) >= 11 is 12.2. The molecule has 2 saturated heterocycles. The highest BCUT2D eigenvalue weighted by molar-refractivity contribution is 6.31. The van der Waals surface area contributed by atoms with Crippen molar-refractivity contribution in [2.45, 2.75) is 90.4 Å². The molecule has 2 aliphatic rings. The molecule has 2 aromatic heterocycles. The molecule has 17 heteroatoms. The quantitative estimate of drug-likeness (QED) is 0.0926. The fourth-order valence-corrected chi connectivity index (χ4v) is 8.31. The number of anilines is 3. The van der Waals surface area contributed by atoms with Crippen molar-refractivity contribution in [1.82, 2.24) is 19.6 Å². The Bertz CT molecular complexity index is 3010. The topological polar surface area (TPSA) is 164 Å². The van der Waals surface area contributed by atoms with E-state index in [0.717, 1.165) is 34.2 Å². The van der Waals surface area contributed by atoms with E-state index in [9.17, 15) is 28.6 Å². The lowest BCUT2D eigenvalue weighted by atomic mass is 9.92. The Morgan fingerprint density at radius 1 is 0.671 bits per heavy atom. The van der Waals surface area contributed by atoms with Crippen LogP contribution in [0.15, 0.2) is 127 Å². The van der Waals surface area contributed by atoms with Crippen LogP contribution in [0.1, 0.15) is 76.3 Å². The number of carbonyl (C=O) groups excluding carboxylic acids is 2. The molecule has 13 nitrogen and oxygen atoms in total. The molecule has 5 N–H and O–H groups in total. The number of nitrogens with zero attached hydrogens (tertiary/aromatic N) is 6. The third kappa shape index (κ3) is 14.5. The number of benzene rings is 5. The normalized spacial score (nSPS) is 13.8. The summed E-state index contributed by atoms with van der Waals surface area (Å²) in [6.07, 6.45) is -0.448. The highest BCUT2D eigenvalue weighted by Gasteiger charge is 2.28. The third-order valence-corrected chi connectivity index (χ3v) is 12.5. The number of halogens is 4. The lowest BCUT2D eigenvalue weighted by molar-refractivity contribution is -0.118. The van der Waals surface area contributed by atoms with Crippen LogP contribution < -0.4 is 25.6 Å². The van der Waals surface area contributed by atoms with Gasteiger partial charge in [0.05, 0.1) is 52.0 Å². The van der Waals surface area contributed by atoms with Crippen molar-refractivity contribution in [3.05, 3.63) is 177 Å². The van der Waals surface area contributed by atoms with Gasteiger partial charge in [-0.25, -0.2) is 22.9 Å². The summed E-state index contributed by atoms with van der Waals surface area (Å²) in [6, 6.07) is 37.1. The lowest BCUT2D eigenvalue weighted by Crippen LogP contribution is -2.51. The van der Waals surface area contributed by atoms with Gasteiger partial charge < -0.3 is 30.5 Å². The van der Waals surface area contributed by atoms with E-state index < -0.39 is 24.1 Å². The van der Waals surface area contributed by atoms with Gasteiger partial charge >= 0.3 is 6.09 Å². The Balaban J connectivity index is 0.000000169. The summed E-state index contributed by atoms with van der Waals surface area (Å²) in [5.74, 6) is -0.366. The number of aliphatic hydroxyl groups excluding tert-OH is 2. The van der Waals surface area contributed by atoms with Gasteiger partial charge in [-0.15, -0.1) is 0 Å². The van der Waals surface area contributed by atoms with E-state index in [0.29, 0.717) is 84.0 Å². The van der Waals surface area contributed by atoms with Crippen LogP contribution in [0.2, 0.25) is 10.0 Å². The van der Waals surface area contributed by atoms with E-state index in [1.54, 1.807) is 58.3 Å². The molecule has 0 bridgehead atoms. The number of ether oxygens (including phenoxy) is 1. The van der Waals surface area contributed by atoms with E-state index in [-0.39, 0.29) is 28.9 Å². The molecule has 0 unspecified atom stereocenters. The van der Waals surface area contributed by atoms with Crippen LogP contribution >= 0.6 is 23.2 Å². The van der Waals surface area contributed by atoms with Gasteiger partial charge in [-0.1, -0.05) is 101 Å². The SMILES string of the molecule is CC(C)(C)c1cc(CCC(=O)Cc2ccc(N3CC(O)C3)c(F)c2)n(-c2cccc(Cl)c2)n1.CC(C)(C)c1cc(CN)n(-c2cccc(Cl)c2)n1.O=C(Nc1ccc(N2CC(O)C2)c(F)c1)Oc1ccccc1. The number of nitrogens with two attached hydrogens (primary N) is 1. The van der Waals surface area contributed by atoms with Crippen molar-refractivity contribution in [3.8, 4) is 17.1 Å². The van der Waals surface area contributed by atoms with Gasteiger partial charge in [0.25, 0.3) is 0 Å². The first-order chi connectivity index (χ1) is 34.6. The largest absolute Gasteiger partial charge is 0.417 e. The number of Topliss-reactive ketones (excluding diaryl/α,β-unsaturated/α-hetero) is 1. The number of nitrogens with one attached hydrogen (secondary N) is 1. The Kier molecular flexibility index (Phi) is 17.4. The van der Waals surface area contributed by atoms with Crippen LogP contribution in [-0.4, -0.2) is 80.0 Å². The molecule has 2 fully saturated rings. The number of hydrogen-bond acceptors (Lipinski definition) is 10. The van der Waals surface area contributed by atoms with Crippen LogP contribution in [0.3, 0.4) is 0 Å². The molecule has 0 atom stereocenters. The number of aryl methyl sites for hydroxylation is 1. The number of carbonyl (C=O) groups is 2. The molecule has 0 saturated carbocycles. The predicted octanol–water partition coefficient (Wildman–Crippen LogP) is 10.8. The number of para-hydroxylation sites is 1. The Labute approximate surface area is 435 Å². The smallest absolute Gasteiger partial charge is 0.410 e. The zero-order valence-corrected chi connectivity index (χ0v) is 43.3. The van der Waals surface area contributed by atoms with Crippen LogP contribution in [-0.2, 0) is 35.0 Å². The molecular formula is C56H62Cl2F2N8O5. The van der Waals surface area contributed by atoms with Gasteiger partial charge in [0.1, 0.15) is 23.2 Å². The number of amides is 1. The predicted molar refractivity (Wildman–Crippen MR) is 285 cm³/mol. The highest BCUT2D eigenvalue weighted by atomic mass is 35.5. The van der Waals surface area contributed by atoms with E-state index in [2.05, 4.69) is 58.0 Å². The fourth-order valence-electron chi connectivity index (χ4n) is 7.94. The molecule has 0 spiro atoms. The number of ketones is 1. The minimum atomic E-state index is -0.683. The van der Waals surface area contributed by atoms with Crippen molar-refractivity contribution >= 4 is 52.1 Å². The van der Waals surface area contributed by atoms with E-state index in [1.165, 1.54) is 12.1 Å². The Morgan fingerprint density at radius 2 is 1.18 bits per heavy atom. The maximum Gasteiger partial charge on any atom is 0.417 e. The molecule has 7 aromatic rings. The summed E-state index contributed by atoms with van der Waals surface area (Å²) < 4.78 is 37.3. The van der Waals surface area contributed by atoms with Gasteiger partial charge in [-0.2, -0.15) is 10.2 Å².